The van der Waals surface area contributed by atoms with Crippen LogP contribution in [0.25, 0.3) is 0 Å². The standard InChI is InChI=1S/C13H16F2N2O2/c1-9-5-7-17(8-10(9)18)12(19)13(14,15)11-4-2-3-6-16-11/h2-4,6,9-10,18H,5,7-8H2,1H3. The molecule has 1 aromatic heterocycles. The molecule has 1 amide bonds. The molecule has 0 radical (unpaired) electrons. The first-order chi connectivity index (χ1) is 8.93. The van der Waals surface area contributed by atoms with E-state index in [1.54, 1.807) is 0 Å². The Morgan fingerprint density at radius 2 is 2.26 bits per heavy atom. The lowest BCUT2D eigenvalue weighted by Crippen LogP contribution is -2.50. The van der Waals surface area contributed by atoms with Gasteiger partial charge in [0.2, 0.25) is 0 Å². The molecule has 2 heterocycles. The summed E-state index contributed by atoms with van der Waals surface area (Å²) < 4.78 is 28.0. The van der Waals surface area contributed by atoms with Crippen molar-refractivity contribution in [1.82, 2.24) is 9.88 Å². The quantitative estimate of drug-likeness (QED) is 0.884. The summed E-state index contributed by atoms with van der Waals surface area (Å²) in [6.07, 6.45) is 0.992. The van der Waals surface area contributed by atoms with Gasteiger partial charge in [-0.25, -0.2) is 0 Å². The lowest BCUT2D eigenvalue weighted by atomic mass is 9.95. The largest absolute Gasteiger partial charge is 0.391 e. The van der Waals surface area contributed by atoms with Crippen LogP contribution in [0.1, 0.15) is 19.0 Å². The number of β-amino-alcohol motifs (C(OH)–C–C–N with tert-alkyl or cyclic N) is 1. The number of carbonyl (C=O) groups excluding carboxylic acids is 1. The molecule has 1 fully saturated rings. The second-order valence-corrected chi connectivity index (χ2v) is 4.87. The number of halogens is 2. The first kappa shape index (κ1) is 13.9. The van der Waals surface area contributed by atoms with Crippen molar-refractivity contribution in [2.24, 2.45) is 5.92 Å². The second-order valence-electron chi connectivity index (χ2n) is 4.87. The third-order valence-corrected chi connectivity index (χ3v) is 3.46. The molecule has 1 aromatic rings. The highest BCUT2D eigenvalue weighted by atomic mass is 19.3. The summed E-state index contributed by atoms with van der Waals surface area (Å²) in [6.45, 7) is 2.02. The Labute approximate surface area is 110 Å². The molecular weight excluding hydrogens is 254 g/mol. The van der Waals surface area contributed by atoms with Gasteiger partial charge in [-0.3, -0.25) is 9.78 Å². The molecule has 2 unspecified atom stereocenters. The van der Waals surface area contributed by atoms with E-state index >= 15 is 0 Å². The van der Waals surface area contributed by atoms with Gasteiger partial charge in [-0.1, -0.05) is 13.0 Å². The number of pyridine rings is 1. The van der Waals surface area contributed by atoms with Crippen LogP contribution in [0.5, 0.6) is 0 Å². The fourth-order valence-electron chi connectivity index (χ4n) is 2.09. The molecule has 104 valence electrons. The van der Waals surface area contributed by atoms with Gasteiger partial charge >= 0.3 is 5.92 Å². The minimum absolute atomic E-state index is 0.0209. The van der Waals surface area contributed by atoms with Crippen LogP contribution in [-0.2, 0) is 10.7 Å². The fraction of sp³-hybridized carbons (Fsp3) is 0.538. The van der Waals surface area contributed by atoms with Crippen molar-refractivity contribution in [3.05, 3.63) is 30.1 Å². The lowest BCUT2D eigenvalue weighted by molar-refractivity contribution is -0.163. The summed E-state index contributed by atoms with van der Waals surface area (Å²) >= 11 is 0. The molecule has 2 atom stereocenters. The van der Waals surface area contributed by atoms with E-state index < -0.39 is 23.6 Å². The van der Waals surface area contributed by atoms with Gasteiger partial charge in [-0.15, -0.1) is 0 Å². The highest BCUT2D eigenvalue weighted by Crippen LogP contribution is 2.30. The number of amides is 1. The molecule has 0 aliphatic carbocycles. The summed E-state index contributed by atoms with van der Waals surface area (Å²) in [7, 11) is 0. The van der Waals surface area contributed by atoms with E-state index in [9.17, 15) is 18.7 Å². The maximum Gasteiger partial charge on any atom is 0.366 e. The van der Waals surface area contributed by atoms with Gasteiger partial charge in [0, 0.05) is 19.3 Å². The van der Waals surface area contributed by atoms with Gasteiger partial charge in [0.1, 0.15) is 5.69 Å². The van der Waals surface area contributed by atoms with E-state index in [1.165, 1.54) is 18.3 Å². The summed E-state index contributed by atoms with van der Waals surface area (Å²) in [4.78, 5) is 16.5. The fourth-order valence-corrected chi connectivity index (χ4v) is 2.09. The van der Waals surface area contributed by atoms with Gasteiger partial charge in [0.25, 0.3) is 5.91 Å². The number of rotatable bonds is 2. The minimum Gasteiger partial charge on any atom is -0.391 e. The highest BCUT2D eigenvalue weighted by molar-refractivity contribution is 5.84. The van der Waals surface area contributed by atoms with Crippen LogP contribution >= 0.6 is 0 Å². The molecule has 1 saturated heterocycles. The molecular formula is C13H16F2N2O2. The Morgan fingerprint density at radius 3 is 2.84 bits per heavy atom. The van der Waals surface area contributed by atoms with E-state index in [-0.39, 0.29) is 19.0 Å². The average molecular weight is 270 g/mol. The first-order valence-electron chi connectivity index (χ1n) is 6.19. The summed E-state index contributed by atoms with van der Waals surface area (Å²) in [6, 6.07) is 4.05. The van der Waals surface area contributed by atoms with Crippen LogP contribution in [0.15, 0.2) is 24.4 Å². The van der Waals surface area contributed by atoms with Gasteiger partial charge in [0.05, 0.1) is 6.10 Å². The molecule has 6 heteroatoms. The number of likely N-dealkylation sites (tertiary alicyclic amines) is 1. The smallest absolute Gasteiger partial charge is 0.366 e. The second kappa shape index (κ2) is 5.21. The van der Waals surface area contributed by atoms with Gasteiger partial charge in [0.15, 0.2) is 0 Å². The van der Waals surface area contributed by atoms with Crippen LogP contribution in [0.3, 0.4) is 0 Å². The number of hydrogen-bond acceptors (Lipinski definition) is 3. The Kier molecular flexibility index (Phi) is 3.80. The normalized spacial score (nSPS) is 24.3. The number of nitrogens with zero attached hydrogens (tertiary/aromatic N) is 2. The highest BCUT2D eigenvalue weighted by Gasteiger charge is 2.46. The van der Waals surface area contributed by atoms with E-state index in [4.69, 9.17) is 0 Å². The van der Waals surface area contributed by atoms with Crippen molar-refractivity contribution in [3.8, 4) is 0 Å². The third kappa shape index (κ3) is 2.73. The van der Waals surface area contributed by atoms with Crippen molar-refractivity contribution >= 4 is 5.91 Å². The monoisotopic (exact) mass is 270 g/mol. The summed E-state index contributed by atoms with van der Waals surface area (Å²) in [5.74, 6) is -4.92. The molecule has 4 nitrogen and oxygen atoms in total. The number of aliphatic hydroxyl groups is 1. The minimum atomic E-state index is -3.65. The Morgan fingerprint density at radius 1 is 1.53 bits per heavy atom. The predicted molar refractivity (Wildman–Crippen MR) is 64.5 cm³/mol. The number of aliphatic hydroxyl groups excluding tert-OH is 1. The van der Waals surface area contributed by atoms with Crippen LogP contribution in [0, 0.1) is 5.92 Å². The molecule has 0 spiro atoms. The van der Waals surface area contributed by atoms with Crippen molar-refractivity contribution in [2.45, 2.75) is 25.4 Å². The van der Waals surface area contributed by atoms with Crippen LogP contribution in [-0.4, -0.2) is 40.1 Å². The Bertz CT molecular complexity index is 453. The molecule has 1 N–H and O–H groups in total. The van der Waals surface area contributed by atoms with Gasteiger partial charge in [-0.2, -0.15) is 8.78 Å². The van der Waals surface area contributed by atoms with Crippen molar-refractivity contribution < 1.29 is 18.7 Å². The summed E-state index contributed by atoms with van der Waals surface area (Å²) in [5.41, 5.74) is -0.562. The van der Waals surface area contributed by atoms with E-state index in [1.807, 2.05) is 6.92 Å². The molecule has 2 rings (SSSR count). The third-order valence-electron chi connectivity index (χ3n) is 3.46. The number of piperidine rings is 1. The average Bonchev–Trinajstić information content (AvgIpc) is 2.42. The Hall–Kier alpha value is -1.56. The topological polar surface area (TPSA) is 53.4 Å². The SMILES string of the molecule is CC1CCN(C(=O)C(F)(F)c2ccccn2)CC1O. The molecule has 19 heavy (non-hydrogen) atoms. The van der Waals surface area contributed by atoms with E-state index in [0.717, 1.165) is 11.0 Å². The van der Waals surface area contributed by atoms with Crippen molar-refractivity contribution in [3.63, 3.8) is 0 Å². The number of aromatic nitrogens is 1. The molecule has 1 aliphatic heterocycles. The number of hydrogen-bond donors (Lipinski definition) is 1. The lowest BCUT2D eigenvalue weighted by Gasteiger charge is -2.35. The number of alkyl halides is 2. The molecule has 0 aromatic carbocycles. The van der Waals surface area contributed by atoms with Gasteiger partial charge in [-0.05, 0) is 24.5 Å². The molecule has 0 bridgehead atoms. The van der Waals surface area contributed by atoms with E-state index in [0.29, 0.717) is 6.42 Å². The Balaban J connectivity index is 2.15. The van der Waals surface area contributed by atoms with Crippen molar-refractivity contribution in [2.75, 3.05) is 13.1 Å². The molecule has 0 saturated carbocycles. The molecule has 1 aliphatic rings. The maximum atomic E-state index is 14.0. The predicted octanol–water partition coefficient (Wildman–Crippen LogP) is 1.40. The van der Waals surface area contributed by atoms with E-state index in [2.05, 4.69) is 4.98 Å². The van der Waals surface area contributed by atoms with Crippen LogP contribution < -0.4 is 0 Å². The maximum absolute atomic E-state index is 14.0. The van der Waals surface area contributed by atoms with Crippen molar-refractivity contribution in [1.29, 1.82) is 0 Å². The zero-order chi connectivity index (χ0) is 14.0. The van der Waals surface area contributed by atoms with Gasteiger partial charge < -0.3 is 10.0 Å². The zero-order valence-corrected chi connectivity index (χ0v) is 10.6. The van der Waals surface area contributed by atoms with Crippen LogP contribution in [0.4, 0.5) is 8.78 Å². The summed E-state index contributed by atoms with van der Waals surface area (Å²) in [5, 5.41) is 9.68. The first-order valence-corrected chi connectivity index (χ1v) is 6.19. The zero-order valence-electron chi connectivity index (χ0n) is 10.6. The number of carbonyl (C=O) groups is 1. The van der Waals surface area contributed by atoms with Crippen LogP contribution in [0.2, 0.25) is 0 Å².